The number of carbonyl (C=O) groups excluding carboxylic acids is 1. The number of pyridine rings is 2. The van der Waals surface area contributed by atoms with Crippen LogP contribution in [0.25, 0.3) is 22.0 Å². The Labute approximate surface area is 285 Å². The van der Waals surface area contributed by atoms with E-state index in [9.17, 15) is 9.90 Å². The topological polar surface area (TPSA) is 90.4 Å². The maximum atomic E-state index is 12.9. The Morgan fingerprint density at radius 2 is 1.70 bits per heavy atom. The first-order valence-corrected chi connectivity index (χ1v) is 17.0. The normalized spacial score (nSPS) is 19.6. The molecule has 4 aromatic rings. The number of hydrogen-bond donors (Lipinski definition) is 3. The number of hydrogen-bond acceptors (Lipinski definition) is 7. The summed E-state index contributed by atoms with van der Waals surface area (Å²) < 4.78 is 0. The molecule has 0 amide bonds. The van der Waals surface area contributed by atoms with Gasteiger partial charge in [-0.1, -0.05) is 23.2 Å². The summed E-state index contributed by atoms with van der Waals surface area (Å²) in [6.07, 6.45) is 11.6. The van der Waals surface area contributed by atoms with Gasteiger partial charge in [0.15, 0.2) is 12.0 Å². The van der Waals surface area contributed by atoms with Crippen molar-refractivity contribution >= 4 is 70.0 Å². The molecule has 3 N–H and O–H groups in total. The summed E-state index contributed by atoms with van der Waals surface area (Å²) in [5, 5.41) is 18.9. The molecule has 0 spiro atoms. The van der Waals surface area contributed by atoms with Gasteiger partial charge in [-0.3, -0.25) is 9.78 Å². The van der Waals surface area contributed by atoms with E-state index in [4.69, 9.17) is 33.2 Å². The lowest BCUT2D eigenvalue weighted by Gasteiger charge is -2.33. The molecule has 2 aromatic carbocycles. The molecule has 2 aromatic heterocycles. The standard InChI is InChI=1S/C36H37Cl2N5O2.ClH/c1-39-24-3-2-12-43(17-24)30-11-10-23(16-40-30)41-35-26(18-44)34(21-8-9-21)42-29-15-25(19-4-5-19)31(32(33(29)35)20-6-7-20)22-13-27(37)36(45)28(38)14-22;/h10-11,13-16,18-21,24,39,45H,2-9,12,17H2,1H3,(H,41,42);1H. The first-order valence-electron chi connectivity index (χ1n) is 16.3. The van der Waals surface area contributed by atoms with Crippen molar-refractivity contribution in [2.45, 2.75) is 75.2 Å². The number of phenolic OH excluding ortho intramolecular Hbond substituents is 1. The molecule has 1 atom stereocenters. The molecule has 0 bridgehead atoms. The molecular formula is C36H38Cl3N5O2. The lowest BCUT2D eigenvalue weighted by atomic mass is 9.85. The third-order valence-electron chi connectivity index (χ3n) is 9.97. The second kappa shape index (κ2) is 12.5. The SMILES string of the molecule is CNC1CCCN(c2ccc(Nc3c(C=O)c(C4CC4)nc4cc(C5CC5)c(-c5cc(Cl)c(O)c(Cl)c5)c(C5CC5)c34)cn2)C1.Cl. The van der Waals surface area contributed by atoms with E-state index >= 15 is 0 Å². The van der Waals surface area contributed by atoms with Gasteiger partial charge in [-0.25, -0.2) is 4.98 Å². The highest BCUT2D eigenvalue weighted by atomic mass is 35.5. The monoisotopic (exact) mass is 677 g/mol. The van der Waals surface area contributed by atoms with Crippen LogP contribution in [0, 0.1) is 0 Å². The predicted molar refractivity (Wildman–Crippen MR) is 189 cm³/mol. The van der Waals surface area contributed by atoms with E-state index in [1.807, 2.05) is 25.4 Å². The maximum absolute atomic E-state index is 12.9. The molecule has 3 aliphatic carbocycles. The number of aldehydes is 1. The Kier molecular flexibility index (Phi) is 8.55. The highest BCUT2D eigenvalue weighted by Crippen LogP contribution is 2.56. The van der Waals surface area contributed by atoms with Crippen LogP contribution in [0.4, 0.5) is 17.2 Å². The van der Waals surface area contributed by atoms with Gasteiger partial charge in [-0.15, -0.1) is 12.4 Å². The van der Waals surface area contributed by atoms with Gasteiger partial charge < -0.3 is 20.6 Å². The molecule has 7 nitrogen and oxygen atoms in total. The molecule has 1 unspecified atom stereocenters. The van der Waals surface area contributed by atoms with Gasteiger partial charge in [0.25, 0.3) is 0 Å². The number of benzene rings is 2. The van der Waals surface area contributed by atoms with Crippen LogP contribution in [0.2, 0.25) is 10.0 Å². The van der Waals surface area contributed by atoms with Gasteiger partial charge in [0.1, 0.15) is 5.82 Å². The fourth-order valence-corrected chi connectivity index (χ4v) is 7.66. The van der Waals surface area contributed by atoms with Gasteiger partial charge in [0.05, 0.1) is 44.4 Å². The Balaban J connectivity index is 0.00000338. The first kappa shape index (κ1) is 31.5. The van der Waals surface area contributed by atoms with Crippen LogP contribution >= 0.6 is 35.6 Å². The van der Waals surface area contributed by atoms with Crippen molar-refractivity contribution in [3.8, 4) is 16.9 Å². The molecule has 240 valence electrons. The second-order valence-electron chi connectivity index (χ2n) is 13.3. The summed E-state index contributed by atoms with van der Waals surface area (Å²) in [6.45, 7) is 1.93. The Bertz CT molecular complexity index is 1800. The van der Waals surface area contributed by atoms with Crippen LogP contribution in [0.15, 0.2) is 36.5 Å². The average molecular weight is 679 g/mol. The molecule has 10 heteroatoms. The van der Waals surface area contributed by atoms with Crippen LogP contribution in [-0.4, -0.2) is 47.5 Å². The van der Waals surface area contributed by atoms with Crippen LogP contribution in [-0.2, 0) is 0 Å². The molecule has 46 heavy (non-hydrogen) atoms. The van der Waals surface area contributed by atoms with Crippen molar-refractivity contribution in [2.75, 3.05) is 30.4 Å². The number of fused-ring (bicyclic) bond motifs is 1. The first-order chi connectivity index (χ1) is 21.9. The predicted octanol–water partition coefficient (Wildman–Crippen LogP) is 9.11. The fraction of sp³-hybridized carbons (Fsp3) is 0.417. The number of likely N-dealkylation sites (N-methyl/N-ethyl adjacent to an activating group) is 1. The van der Waals surface area contributed by atoms with Gasteiger partial charge in [-0.2, -0.15) is 0 Å². The molecule has 4 aliphatic rings. The summed E-state index contributed by atoms with van der Waals surface area (Å²) in [6, 6.07) is 10.5. The van der Waals surface area contributed by atoms with Crippen molar-refractivity contribution in [1.29, 1.82) is 0 Å². The Hall–Kier alpha value is -3.10. The van der Waals surface area contributed by atoms with E-state index in [0.29, 0.717) is 29.4 Å². The van der Waals surface area contributed by atoms with Gasteiger partial charge in [-0.05, 0) is 123 Å². The molecule has 1 aliphatic heterocycles. The van der Waals surface area contributed by atoms with Crippen LogP contribution < -0.4 is 15.5 Å². The van der Waals surface area contributed by atoms with Crippen molar-refractivity contribution in [2.24, 2.45) is 0 Å². The lowest BCUT2D eigenvalue weighted by molar-refractivity contribution is 0.112. The zero-order valence-corrected chi connectivity index (χ0v) is 28.1. The van der Waals surface area contributed by atoms with Crippen LogP contribution in [0.5, 0.6) is 5.75 Å². The second-order valence-corrected chi connectivity index (χ2v) is 14.1. The number of phenols is 1. The third kappa shape index (κ3) is 5.81. The molecule has 3 saturated carbocycles. The number of piperidine rings is 1. The number of rotatable bonds is 9. The van der Waals surface area contributed by atoms with Crippen molar-refractivity contribution in [3.05, 3.63) is 69.0 Å². The Morgan fingerprint density at radius 1 is 0.978 bits per heavy atom. The highest BCUT2D eigenvalue weighted by molar-refractivity contribution is 6.37. The van der Waals surface area contributed by atoms with Crippen molar-refractivity contribution < 1.29 is 9.90 Å². The zero-order chi connectivity index (χ0) is 30.8. The Morgan fingerprint density at radius 3 is 2.30 bits per heavy atom. The number of aromatic nitrogens is 2. The van der Waals surface area contributed by atoms with Crippen LogP contribution in [0.1, 0.15) is 96.3 Å². The average Bonchev–Trinajstić information content (AvgIpc) is 3.89. The van der Waals surface area contributed by atoms with Crippen LogP contribution in [0.3, 0.4) is 0 Å². The quantitative estimate of drug-likeness (QED) is 0.152. The van der Waals surface area contributed by atoms with E-state index in [0.717, 1.165) is 109 Å². The largest absolute Gasteiger partial charge is 0.505 e. The van der Waals surface area contributed by atoms with E-state index in [1.165, 1.54) is 17.5 Å². The molecule has 0 radical (unpaired) electrons. The third-order valence-corrected chi connectivity index (χ3v) is 10.5. The van der Waals surface area contributed by atoms with E-state index in [1.54, 1.807) is 0 Å². The molecule has 8 rings (SSSR count). The molecule has 3 heterocycles. The number of halogens is 3. The summed E-state index contributed by atoms with van der Waals surface area (Å²) in [4.78, 5) is 25.4. The summed E-state index contributed by atoms with van der Waals surface area (Å²) >= 11 is 13.0. The zero-order valence-electron chi connectivity index (χ0n) is 25.8. The summed E-state index contributed by atoms with van der Waals surface area (Å²) in [5.41, 5.74) is 8.57. The highest BCUT2D eigenvalue weighted by Gasteiger charge is 2.38. The maximum Gasteiger partial charge on any atom is 0.154 e. The minimum absolute atomic E-state index is 0. The number of carbonyl (C=O) groups is 1. The molecule has 1 saturated heterocycles. The lowest BCUT2D eigenvalue weighted by Crippen LogP contribution is -2.44. The van der Waals surface area contributed by atoms with E-state index in [-0.39, 0.29) is 28.2 Å². The number of aromatic hydroxyl groups is 1. The van der Waals surface area contributed by atoms with Gasteiger partial charge in [0, 0.05) is 30.4 Å². The van der Waals surface area contributed by atoms with Crippen molar-refractivity contribution in [3.63, 3.8) is 0 Å². The van der Waals surface area contributed by atoms with E-state index < -0.39 is 0 Å². The molecule has 4 fully saturated rings. The van der Waals surface area contributed by atoms with Gasteiger partial charge in [0.2, 0.25) is 0 Å². The number of anilines is 3. The number of nitrogens with zero attached hydrogens (tertiary/aromatic N) is 3. The smallest absolute Gasteiger partial charge is 0.154 e. The summed E-state index contributed by atoms with van der Waals surface area (Å²) in [5.74, 6) is 1.94. The van der Waals surface area contributed by atoms with Gasteiger partial charge >= 0.3 is 0 Å². The van der Waals surface area contributed by atoms with E-state index in [2.05, 4.69) is 33.7 Å². The molecular weight excluding hydrogens is 641 g/mol. The number of nitrogens with one attached hydrogen (secondary N) is 2. The van der Waals surface area contributed by atoms with Crippen molar-refractivity contribution in [1.82, 2.24) is 15.3 Å². The summed E-state index contributed by atoms with van der Waals surface area (Å²) in [7, 11) is 2.02. The minimum atomic E-state index is -0.105. The fourth-order valence-electron chi connectivity index (χ4n) is 7.17. The minimum Gasteiger partial charge on any atom is -0.505 e.